The van der Waals surface area contributed by atoms with Crippen molar-refractivity contribution in [3.05, 3.63) is 33.8 Å². The van der Waals surface area contributed by atoms with E-state index in [2.05, 4.69) is 12.2 Å². The molecule has 1 saturated carbocycles. The molecule has 0 spiro atoms. The van der Waals surface area contributed by atoms with Gasteiger partial charge < -0.3 is 5.32 Å². The van der Waals surface area contributed by atoms with Crippen molar-refractivity contribution in [2.75, 3.05) is 6.54 Å². The molecule has 1 aliphatic carbocycles. The molecule has 3 heteroatoms. The summed E-state index contributed by atoms with van der Waals surface area (Å²) in [4.78, 5) is 0. The van der Waals surface area contributed by atoms with Gasteiger partial charge in [-0.3, -0.25) is 0 Å². The van der Waals surface area contributed by atoms with Crippen LogP contribution in [-0.4, -0.2) is 6.54 Å². The van der Waals surface area contributed by atoms with Crippen molar-refractivity contribution in [1.82, 2.24) is 5.32 Å². The second-order valence-electron chi connectivity index (χ2n) is 4.66. The Kier molecular flexibility index (Phi) is 3.78. The van der Waals surface area contributed by atoms with E-state index in [-0.39, 0.29) is 0 Å². The third kappa shape index (κ3) is 2.71. The molecule has 16 heavy (non-hydrogen) atoms. The molecule has 0 aliphatic heterocycles. The molecule has 1 aromatic carbocycles. The summed E-state index contributed by atoms with van der Waals surface area (Å²) in [5.41, 5.74) is 1.58. The first-order chi connectivity index (χ1) is 7.67. The van der Waals surface area contributed by atoms with Gasteiger partial charge in [0.1, 0.15) is 0 Å². The van der Waals surface area contributed by atoms with Gasteiger partial charge in [-0.1, -0.05) is 36.2 Å². The molecular weight excluding hydrogens is 241 g/mol. The van der Waals surface area contributed by atoms with Crippen LogP contribution in [0.3, 0.4) is 0 Å². The Bertz CT molecular complexity index is 352. The van der Waals surface area contributed by atoms with Crippen LogP contribution in [0.4, 0.5) is 0 Å². The van der Waals surface area contributed by atoms with Gasteiger partial charge in [0.05, 0.1) is 0 Å². The zero-order valence-electron chi connectivity index (χ0n) is 9.52. The predicted molar refractivity (Wildman–Crippen MR) is 70.1 cm³/mol. The van der Waals surface area contributed by atoms with Crippen LogP contribution in [-0.2, 0) is 6.54 Å². The van der Waals surface area contributed by atoms with Crippen LogP contribution in [0, 0.1) is 5.41 Å². The van der Waals surface area contributed by atoms with Crippen molar-refractivity contribution in [3.63, 3.8) is 0 Å². The van der Waals surface area contributed by atoms with Gasteiger partial charge in [-0.25, -0.2) is 0 Å². The topological polar surface area (TPSA) is 12.0 Å². The van der Waals surface area contributed by atoms with E-state index in [0.717, 1.165) is 28.7 Å². The Hall–Kier alpha value is -0.240. The molecule has 0 amide bonds. The molecule has 1 aromatic rings. The molecule has 1 fully saturated rings. The highest BCUT2D eigenvalue weighted by molar-refractivity contribution is 6.35. The number of nitrogens with one attached hydrogen (secondary N) is 1. The molecule has 0 saturated heterocycles. The lowest BCUT2D eigenvalue weighted by atomic mass is 10.0. The summed E-state index contributed by atoms with van der Waals surface area (Å²) in [6, 6.07) is 5.65. The minimum absolute atomic E-state index is 0.563. The van der Waals surface area contributed by atoms with Gasteiger partial charge in [0, 0.05) is 28.7 Å². The van der Waals surface area contributed by atoms with Crippen LogP contribution < -0.4 is 5.32 Å². The Morgan fingerprint density at radius 1 is 1.25 bits per heavy atom. The summed E-state index contributed by atoms with van der Waals surface area (Å²) < 4.78 is 0. The summed E-state index contributed by atoms with van der Waals surface area (Å²) >= 11 is 12.2. The van der Waals surface area contributed by atoms with Crippen molar-refractivity contribution in [2.24, 2.45) is 5.41 Å². The van der Waals surface area contributed by atoms with Gasteiger partial charge in [0.15, 0.2) is 0 Å². The summed E-state index contributed by atoms with van der Waals surface area (Å²) in [6.07, 6.45) is 3.97. The first-order valence-corrected chi connectivity index (χ1v) is 6.56. The first kappa shape index (κ1) is 12.2. The van der Waals surface area contributed by atoms with Gasteiger partial charge in [0.2, 0.25) is 0 Å². The summed E-state index contributed by atoms with van der Waals surface area (Å²) in [6.45, 7) is 4.10. The average Bonchev–Trinajstić information content (AvgIpc) is 3.03. The largest absolute Gasteiger partial charge is 0.312 e. The van der Waals surface area contributed by atoms with Crippen molar-refractivity contribution >= 4 is 23.2 Å². The van der Waals surface area contributed by atoms with E-state index in [1.54, 1.807) is 0 Å². The third-order valence-electron chi connectivity index (χ3n) is 3.57. The molecule has 0 unspecified atom stereocenters. The predicted octanol–water partition coefficient (Wildman–Crippen LogP) is 4.27. The molecule has 0 radical (unpaired) electrons. The molecule has 1 nitrogen and oxygen atoms in total. The molecule has 2 rings (SSSR count). The maximum Gasteiger partial charge on any atom is 0.0465 e. The highest BCUT2D eigenvalue weighted by atomic mass is 35.5. The van der Waals surface area contributed by atoms with E-state index in [4.69, 9.17) is 23.2 Å². The normalized spacial score (nSPS) is 17.4. The highest BCUT2D eigenvalue weighted by Crippen LogP contribution is 2.47. The molecule has 88 valence electrons. The monoisotopic (exact) mass is 257 g/mol. The quantitative estimate of drug-likeness (QED) is 0.831. The van der Waals surface area contributed by atoms with E-state index in [0.29, 0.717) is 5.41 Å². The SMILES string of the molecule is CCC1(CNCc2c(Cl)cccc2Cl)CC1. The Balaban J connectivity index is 1.90. The average molecular weight is 258 g/mol. The number of hydrogen-bond acceptors (Lipinski definition) is 1. The lowest BCUT2D eigenvalue weighted by Gasteiger charge is -2.14. The maximum absolute atomic E-state index is 6.10. The summed E-state index contributed by atoms with van der Waals surface area (Å²) in [7, 11) is 0. The zero-order valence-corrected chi connectivity index (χ0v) is 11.0. The molecule has 0 heterocycles. The number of halogens is 2. The molecule has 0 atom stereocenters. The minimum atomic E-state index is 0.563. The molecule has 1 aliphatic rings. The van der Waals surface area contributed by atoms with Gasteiger partial charge >= 0.3 is 0 Å². The van der Waals surface area contributed by atoms with Crippen LogP contribution in [0.1, 0.15) is 31.7 Å². The smallest absolute Gasteiger partial charge is 0.0465 e. The Labute approximate surface area is 107 Å². The minimum Gasteiger partial charge on any atom is -0.312 e. The molecule has 1 N–H and O–H groups in total. The van der Waals surface area contributed by atoms with Crippen molar-refractivity contribution in [2.45, 2.75) is 32.7 Å². The van der Waals surface area contributed by atoms with Crippen LogP contribution >= 0.6 is 23.2 Å². The number of rotatable bonds is 5. The fourth-order valence-electron chi connectivity index (χ4n) is 1.99. The molecular formula is C13H17Cl2N. The molecule has 0 aromatic heterocycles. The van der Waals surface area contributed by atoms with Crippen LogP contribution in [0.25, 0.3) is 0 Å². The fourth-order valence-corrected chi connectivity index (χ4v) is 2.52. The highest BCUT2D eigenvalue weighted by Gasteiger charge is 2.39. The maximum atomic E-state index is 6.10. The van der Waals surface area contributed by atoms with Gasteiger partial charge in [-0.2, -0.15) is 0 Å². The van der Waals surface area contributed by atoms with Crippen LogP contribution in [0.15, 0.2) is 18.2 Å². The van der Waals surface area contributed by atoms with Crippen molar-refractivity contribution in [3.8, 4) is 0 Å². The van der Waals surface area contributed by atoms with Gasteiger partial charge in [0.25, 0.3) is 0 Å². The molecule has 0 bridgehead atoms. The lowest BCUT2D eigenvalue weighted by molar-refractivity contribution is 0.443. The standard InChI is InChI=1S/C13H17Cl2N/c1-2-13(6-7-13)9-16-8-10-11(14)4-3-5-12(10)15/h3-5,16H,2,6-9H2,1H3. The number of benzene rings is 1. The van der Waals surface area contributed by atoms with Crippen LogP contribution in [0.2, 0.25) is 10.0 Å². The lowest BCUT2D eigenvalue weighted by Crippen LogP contribution is -2.23. The fraction of sp³-hybridized carbons (Fsp3) is 0.538. The number of hydrogen-bond donors (Lipinski definition) is 1. The van der Waals surface area contributed by atoms with Crippen molar-refractivity contribution in [1.29, 1.82) is 0 Å². The summed E-state index contributed by atoms with van der Waals surface area (Å²) in [5, 5.41) is 4.97. The van der Waals surface area contributed by atoms with Crippen LogP contribution in [0.5, 0.6) is 0 Å². The first-order valence-electron chi connectivity index (χ1n) is 5.80. The van der Waals surface area contributed by atoms with Gasteiger partial charge in [-0.15, -0.1) is 0 Å². The zero-order chi connectivity index (χ0) is 11.6. The van der Waals surface area contributed by atoms with E-state index < -0.39 is 0 Å². The van der Waals surface area contributed by atoms with Gasteiger partial charge in [-0.05, 0) is 36.8 Å². The third-order valence-corrected chi connectivity index (χ3v) is 4.28. The van der Waals surface area contributed by atoms with E-state index in [1.165, 1.54) is 19.3 Å². The van der Waals surface area contributed by atoms with E-state index in [1.807, 2.05) is 18.2 Å². The summed E-state index contributed by atoms with van der Waals surface area (Å²) in [5.74, 6) is 0. The van der Waals surface area contributed by atoms with E-state index in [9.17, 15) is 0 Å². The van der Waals surface area contributed by atoms with Crippen molar-refractivity contribution < 1.29 is 0 Å². The Morgan fingerprint density at radius 2 is 1.88 bits per heavy atom. The second kappa shape index (κ2) is 4.95. The Morgan fingerprint density at radius 3 is 2.38 bits per heavy atom. The van der Waals surface area contributed by atoms with E-state index >= 15 is 0 Å². The second-order valence-corrected chi connectivity index (χ2v) is 5.47.